The van der Waals surface area contributed by atoms with Gasteiger partial charge in [-0.15, -0.1) is 0 Å². The molecule has 21 heavy (non-hydrogen) atoms. The van der Waals surface area contributed by atoms with Gasteiger partial charge in [-0.3, -0.25) is 0 Å². The second-order valence-electron chi connectivity index (χ2n) is 5.41. The first-order valence-electron chi connectivity index (χ1n) is 8.00. The summed E-state index contributed by atoms with van der Waals surface area (Å²) >= 11 is 6.15. The van der Waals surface area contributed by atoms with E-state index in [1.165, 1.54) is 12.1 Å². The minimum Gasteiger partial charge on any atom is -0.314 e. The molecule has 1 aromatic rings. The van der Waals surface area contributed by atoms with Gasteiger partial charge in [-0.25, -0.2) is 4.39 Å². The molecule has 2 nitrogen and oxygen atoms in total. The monoisotopic (exact) mass is 314 g/mol. The van der Waals surface area contributed by atoms with Crippen molar-refractivity contribution < 1.29 is 4.39 Å². The summed E-state index contributed by atoms with van der Waals surface area (Å²) in [5.74, 6) is -0.273. The Kier molecular flexibility index (Phi) is 8.90. The molecular formula is C17H28ClFN2. The first-order valence-corrected chi connectivity index (χ1v) is 8.38. The van der Waals surface area contributed by atoms with E-state index >= 15 is 0 Å². The lowest BCUT2D eigenvalue weighted by molar-refractivity contribution is 0.280. The fourth-order valence-corrected chi connectivity index (χ4v) is 2.70. The van der Waals surface area contributed by atoms with Crippen LogP contribution in [0.15, 0.2) is 18.2 Å². The fraction of sp³-hybridized carbons (Fsp3) is 0.647. The van der Waals surface area contributed by atoms with Gasteiger partial charge in [-0.2, -0.15) is 0 Å². The molecule has 0 spiro atoms. The molecule has 0 aromatic heterocycles. The van der Waals surface area contributed by atoms with Crippen LogP contribution < -0.4 is 5.32 Å². The second-order valence-corrected chi connectivity index (χ2v) is 5.81. The lowest BCUT2D eigenvalue weighted by Crippen LogP contribution is -2.36. The van der Waals surface area contributed by atoms with Gasteiger partial charge in [0.15, 0.2) is 0 Å². The van der Waals surface area contributed by atoms with Crippen LogP contribution in [0.25, 0.3) is 0 Å². The molecule has 0 aliphatic carbocycles. The van der Waals surface area contributed by atoms with Crippen LogP contribution in [-0.4, -0.2) is 37.1 Å². The third-order valence-electron chi connectivity index (χ3n) is 3.85. The zero-order valence-electron chi connectivity index (χ0n) is 13.5. The summed E-state index contributed by atoms with van der Waals surface area (Å²) in [5.41, 5.74) is 1.02. The molecule has 1 N–H and O–H groups in total. The third kappa shape index (κ3) is 6.77. The zero-order valence-corrected chi connectivity index (χ0v) is 14.2. The molecule has 1 rings (SSSR count). The Balaban J connectivity index is 2.63. The Hall–Kier alpha value is -0.640. The molecule has 120 valence electrons. The SMILES string of the molecule is CCCNC(CCN(CC)CC)Cc1ccc(F)cc1Cl. The third-order valence-corrected chi connectivity index (χ3v) is 4.20. The topological polar surface area (TPSA) is 15.3 Å². The predicted molar refractivity (Wildman–Crippen MR) is 89.6 cm³/mol. The molecule has 0 heterocycles. The highest BCUT2D eigenvalue weighted by Crippen LogP contribution is 2.19. The van der Waals surface area contributed by atoms with Crippen LogP contribution in [0.1, 0.15) is 39.2 Å². The maximum atomic E-state index is 13.1. The average Bonchev–Trinajstić information content (AvgIpc) is 2.47. The van der Waals surface area contributed by atoms with Crippen LogP contribution in [0.2, 0.25) is 5.02 Å². The molecule has 1 aromatic carbocycles. The summed E-state index contributed by atoms with van der Waals surface area (Å²) in [6, 6.07) is 5.07. The Morgan fingerprint density at radius 2 is 1.95 bits per heavy atom. The van der Waals surface area contributed by atoms with Crippen molar-refractivity contribution in [2.45, 2.75) is 46.1 Å². The average molecular weight is 315 g/mol. The van der Waals surface area contributed by atoms with Gasteiger partial charge in [-0.1, -0.05) is 38.4 Å². The molecule has 0 fully saturated rings. The van der Waals surface area contributed by atoms with Crippen molar-refractivity contribution in [3.8, 4) is 0 Å². The predicted octanol–water partition coefficient (Wildman–Crippen LogP) is 4.12. The fourth-order valence-electron chi connectivity index (χ4n) is 2.46. The van der Waals surface area contributed by atoms with E-state index in [0.717, 1.165) is 51.0 Å². The molecular weight excluding hydrogens is 287 g/mol. The van der Waals surface area contributed by atoms with E-state index in [4.69, 9.17) is 11.6 Å². The van der Waals surface area contributed by atoms with Crippen molar-refractivity contribution >= 4 is 11.6 Å². The van der Waals surface area contributed by atoms with Gasteiger partial charge in [0.2, 0.25) is 0 Å². The number of rotatable bonds is 10. The maximum Gasteiger partial charge on any atom is 0.124 e. The molecule has 0 aliphatic heterocycles. The van der Waals surface area contributed by atoms with Crippen LogP contribution in [-0.2, 0) is 6.42 Å². The van der Waals surface area contributed by atoms with Crippen LogP contribution in [0, 0.1) is 5.82 Å². The quantitative estimate of drug-likeness (QED) is 0.699. The van der Waals surface area contributed by atoms with E-state index in [0.29, 0.717) is 11.1 Å². The summed E-state index contributed by atoms with van der Waals surface area (Å²) in [7, 11) is 0. The van der Waals surface area contributed by atoms with Gasteiger partial charge >= 0.3 is 0 Å². The van der Waals surface area contributed by atoms with Crippen LogP contribution in [0.4, 0.5) is 4.39 Å². The molecule has 0 bridgehead atoms. The molecule has 0 amide bonds. The summed E-state index contributed by atoms with van der Waals surface area (Å²) < 4.78 is 13.1. The molecule has 1 unspecified atom stereocenters. The molecule has 0 radical (unpaired) electrons. The van der Waals surface area contributed by atoms with E-state index in [1.54, 1.807) is 6.07 Å². The van der Waals surface area contributed by atoms with Crippen LogP contribution in [0.5, 0.6) is 0 Å². The molecule has 0 saturated heterocycles. The lowest BCUT2D eigenvalue weighted by Gasteiger charge is -2.24. The molecule has 4 heteroatoms. The number of hydrogen-bond donors (Lipinski definition) is 1. The first-order chi connectivity index (χ1) is 10.1. The Labute approximate surface area is 133 Å². The van der Waals surface area contributed by atoms with Crippen molar-refractivity contribution in [3.63, 3.8) is 0 Å². The second kappa shape index (κ2) is 10.1. The summed E-state index contributed by atoms with van der Waals surface area (Å²) in [4.78, 5) is 2.42. The highest BCUT2D eigenvalue weighted by atomic mass is 35.5. The highest BCUT2D eigenvalue weighted by molar-refractivity contribution is 6.31. The smallest absolute Gasteiger partial charge is 0.124 e. The minimum absolute atomic E-state index is 0.273. The zero-order chi connectivity index (χ0) is 15.7. The van der Waals surface area contributed by atoms with Crippen molar-refractivity contribution in [3.05, 3.63) is 34.6 Å². The van der Waals surface area contributed by atoms with E-state index in [9.17, 15) is 4.39 Å². The minimum atomic E-state index is -0.273. The van der Waals surface area contributed by atoms with Gasteiger partial charge in [0, 0.05) is 11.1 Å². The Bertz CT molecular complexity index is 408. The summed E-state index contributed by atoms with van der Waals surface area (Å²) in [6.07, 6.45) is 3.04. The summed E-state index contributed by atoms with van der Waals surface area (Å²) in [5, 5.41) is 4.11. The van der Waals surface area contributed by atoms with Gasteiger partial charge in [0.25, 0.3) is 0 Å². The van der Waals surface area contributed by atoms with Crippen molar-refractivity contribution in [2.75, 3.05) is 26.2 Å². The van der Waals surface area contributed by atoms with E-state index in [2.05, 4.69) is 31.0 Å². The molecule has 0 saturated carbocycles. The Morgan fingerprint density at radius 1 is 1.24 bits per heavy atom. The number of halogens is 2. The molecule has 0 aliphatic rings. The van der Waals surface area contributed by atoms with Gasteiger partial charge in [-0.05, 0) is 63.1 Å². The number of nitrogens with one attached hydrogen (secondary N) is 1. The lowest BCUT2D eigenvalue weighted by atomic mass is 10.0. The highest BCUT2D eigenvalue weighted by Gasteiger charge is 2.13. The van der Waals surface area contributed by atoms with Crippen LogP contribution in [0.3, 0.4) is 0 Å². The van der Waals surface area contributed by atoms with Gasteiger partial charge in [0.1, 0.15) is 5.82 Å². The number of hydrogen-bond acceptors (Lipinski definition) is 2. The number of nitrogens with zero attached hydrogens (tertiary/aromatic N) is 1. The molecule has 1 atom stereocenters. The van der Waals surface area contributed by atoms with E-state index in [1.807, 2.05) is 0 Å². The summed E-state index contributed by atoms with van der Waals surface area (Å²) in [6.45, 7) is 10.8. The maximum absolute atomic E-state index is 13.1. The van der Waals surface area contributed by atoms with Gasteiger partial charge < -0.3 is 10.2 Å². The largest absolute Gasteiger partial charge is 0.314 e. The van der Waals surface area contributed by atoms with E-state index < -0.39 is 0 Å². The van der Waals surface area contributed by atoms with E-state index in [-0.39, 0.29) is 5.82 Å². The first kappa shape index (κ1) is 18.4. The van der Waals surface area contributed by atoms with Crippen molar-refractivity contribution in [1.29, 1.82) is 0 Å². The normalized spacial score (nSPS) is 12.9. The Morgan fingerprint density at radius 3 is 2.52 bits per heavy atom. The standard InChI is InChI=1S/C17H28ClFN2/c1-4-10-20-16(9-11-21(5-2)6-3)12-14-7-8-15(19)13-17(14)18/h7-8,13,16,20H,4-6,9-12H2,1-3H3. The number of benzene rings is 1. The van der Waals surface area contributed by atoms with Crippen molar-refractivity contribution in [2.24, 2.45) is 0 Å². The van der Waals surface area contributed by atoms with Crippen molar-refractivity contribution in [1.82, 2.24) is 10.2 Å². The van der Waals surface area contributed by atoms with Gasteiger partial charge in [0.05, 0.1) is 0 Å². The van der Waals surface area contributed by atoms with Crippen LogP contribution >= 0.6 is 11.6 Å².